The highest BCUT2D eigenvalue weighted by Crippen LogP contribution is 2.41. The normalized spacial score (nSPS) is 18.9. The van der Waals surface area contributed by atoms with E-state index in [1.165, 1.54) is 0 Å². The Labute approximate surface area is 175 Å². The maximum atomic E-state index is 12.5. The van der Waals surface area contributed by atoms with Crippen molar-refractivity contribution in [2.24, 2.45) is 5.92 Å². The number of methoxy groups -OCH3 is 1. The Morgan fingerprint density at radius 2 is 2.10 bits per heavy atom. The summed E-state index contributed by atoms with van der Waals surface area (Å²) in [5, 5.41) is 9.36. The lowest BCUT2D eigenvalue weighted by molar-refractivity contribution is 0.254. The predicted octanol–water partition coefficient (Wildman–Crippen LogP) is 2.10. The monoisotopic (exact) mass is 411 g/mol. The van der Waals surface area contributed by atoms with Crippen LogP contribution < -0.4 is 20.9 Å². The molecule has 8 nitrogen and oxygen atoms in total. The number of anilines is 1. The lowest BCUT2D eigenvalue weighted by Crippen LogP contribution is -2.32. The first kappa shape index (κ1) is 20.5. The van der Waals surface area contributed by atoms with Crippen LogP contribution in [0.4, 0.5) is 5.69 Å². The van der Waals surface area contributed by atoms with Crippen molar-refractivity contribution in [1.29, 1.82) is 5.26 Å². The summed E-state index contributed by atoms with van der Waals surface area (Å²) in [5.74, 6) is 1.12. The number of ether oxygens (including phenoxy) is 1. The Hall–Kier alpha value is -2.79. The second-order valence-electron chi connectivity index (χ2n) is 8.28. The van der Waals surface area contributed by atoms with Crippen LogP contribution in [0.3, 0.4) is 0 Å². The third-order valence-corrected chi connectivity index (χ3v) is 6.28. The summed E-state index contributed by atoms with van der Waals surface area (Å²) in [7, 11) is 1.61. The maximum Gasteiger partial charge on any atom is 0.329 e. The van der Waals surface area contributed by atoms with Gasteiger partial charge in [-0.2, -0.15) is 5.26 Å². The molecule has 0 bridgehead atoms. The zero-order chi connectivity index (χ0) is 21.3. The predicted molar refractivity (Wildman–Crippen MR) is 116 cm³/mol. The minimum atomic E-state index is -0.368. The summed E-state index contributed by atoms with van der Waals surface area (Å²) >= 11 is 0. The summed E-state index contributed by atoms with van der Waals surface area (Å²) in [6.07, 6.45) is 3.50. The molecule has 0 radical (unpaired) electrons. The molecule has 30 heavy (non-hydrogen) atoms. The van der Waals surface area contributed by atoms with E-state index in [-0.39, 0.29) is 17.3 Å². The zero-order valence-corrected chi connectivity index (χ0v) is 17.7. The number of aromatic nitrogens is 2. The summed E-state index contributed by atoms with van der Waals surface area (Å²) in [5.41, 5.74) is 0.818. The Balaban J connectivity index is 1.65. The van der Waals surface area contributed by atoms with Crippen LogP contribution in [0.15, 0.2) is 21.7 Å². The highest BCUT2D eigenvalue weighted by atomic mass is 16.5. The summed E-state index contributed by atoms with van der Waals surface area (Å²) in [6.45, 7) is 6.64. The van der Waals surface area contributed by atoms with Gasteiger partial charge in [-0.05, 0) is 43.9 Å². The van der Waals surface area contributed by atoms with Crippen molar-refractivity contribution in [2.75, 3.05) is 44.7 Å². The van der Waals surface area contributed by atoms with Crippen LogP contribution in [0.5, 0.6) is 5.75 Å². The van der Waals surface area contributed by atoms with Crippen LogP contribution in [0.2, 0.25) is 0 Å². The molecule has 1 unspecified atom stereocenters. The Morgan fingerprint density at radius 1 is 1.30 bits per heavy atom. The zero-order valence-electron chi connectivity index (χ0n) is 17.7. The van der Waals surface area contributed by atoms with Crippen LogP contribution in [-0.2, 0) is 0 Å². The van der Waals surface area contributed by atoms with E-state index in [0.717, 1.165) is 57.7 Å². The van der Waals surface area contributed by atoms with Crippen LogP contribution in [0, 0.1) is 17.2 Å². The van der Waals surface area contributed by atoms with Crippen LogP contribution in [0.25, 0.3) is 10.9 Å². The molecule has 1 aliphatic carbocycles. The number of hydrogen-bond acceptors (Lipinski definition) is 6. The van der Waals surface area contributed by atoms with Gasteiger partial charge in [-0.15, -0.1) is 0 Å². The van der Waals surface area contributed by atoms with Crippen molar-refractivity contribution in [3.05, 3.63) is 33.0 Å². The number of benzene rings is 1. The van der Waals surface area contributed by atoms with Gasteiger partial charge in [-0.3, -0.25) is 14.3 Å². The summed E-state index contributed by atoms with van der Waals surface area (Å²) < 4.78 is 7.49. The van der Waals surface area contributed by atoms with Crippen molar-refractivity contribution in [3.63, 3.8) is 0 Å². The molecule has 1 aliphatic heterocycles. The molecule has 0 amide bonds. The van der Waals surface area contributed by atoms with Crippen molar-refractivity contribution in [3.8, 4) is 11.8 Å². The highest BCUT2D eigenvalue weighted by Gasteiger charge is 2.31. The average Bonchev–Trinajstić information content (AvgIpc) is 3.47. The van der Waals surface area contributed by atoms with Crippen LogP contribution in [-0.4, -0.2) is 54.3 Å². The first-order valence-electron chi connectivity index (χ1n) is 10.8. The minimum absolute atomic E-state index is 0.130. The van der Waals surface area contributed by atoms with E-state index in [1.807, 2.05) is 12.1 Å². The quantitative estimate of drug-likeness (QED) is 0.715. The molecule has 1 saturated carbocycles. The molecule has 2 aromatic rings. The average molecular weight is 412 g/mol. The van der Waals surface area contributed by atoms with E-state index in [9.17, 15) is 9.59 Å². The standard InChI is InChI=1S/C22H29N5O3/c1-3-25(11-4-10-23)13-15-9-12-26(14-15)18-8-7-17-19(20(18)30-2)27(16-5-6-16)22(29)24-21(17)28/h7-8,15-16H,3-6,9,11-14H2,1-2H3,(H,24,28,29). The lowest BCUT2D eigenvalue weighted by atomic mass is 10.1. The summed E-state index contributed by atoms with van der Waals surface area (Å²) in [6, 6.07) is 6.10. The SMILES string of the molecule is CCN(CCC#N)CC1CCN(c2ccc3c(=O)[nH]c(=O)n(C4CC4)c3c2OC)C1. The number of hydrogen-bond donors (Lipinski definition) is 1. The molecule has 2 aliphatic rings. The number of nitriles is 1. The van der Waals surface area contributed by atoms with Gasteiger partial charge in [-0.1, -0.05) is 6.92 Å². The van der Waals surface area contributed by atoms with Gasteiger partial charge >= 0.3 is 5.69 Å². The maximum absolute atomic E-state index is 12.5. The molecular weight excluding hydrogens is 382 g/mol. The second kappa shape index (κ2) is 8.52. The number of nitrogens with one attached hydrogen (secondary N) is 1. The Kier molecular flexibility index (Phi) is 5.82. The Morgan fingerprint density at radius 3 is 2.77 bits per heavy atom. The highest BCUT2D eigenvalue weighted by molar-refractivity contribution is 5.90. The third kappa shape index (κ3) is 3.82. The number of aromatic amines is 1. The van der Waals surface area contributed by atoms with E-state index in [2.05, 4.69) is 27.8 Å². The molecule has 8 heteroatoms. The van der Waals surface area contributed by atoms with Gasteiger partial charge in [0.2, 0.25) is 0 Å². The first-order chi connectivity index (χ1) is 14.6. The van der Waals surface area contributed by atoms with E-state index in [1.54, 1.807) is 11.7 Å². The fourth-order valence-corrected chi connectivity index (χ4v) is 4.59. The van der Waals surface area contributed by atoms with E-state index in [0.29, 0.717) is 29.0 Å². The van der Waals surface area contributed by atoms with Crippen molar-refractivity contribution < 1.29 is 4.74 Å². The molecule has 2 fully saturated rings. The van der Waals surface area contributed by atoms with Gasteiger partial charge in [0.1, 0.15) is 5.52 Å². The van der Waals surface area contributed by atoms with Gasteiger partial charge in [0.05, 0.1) is 24.3 Å². The van der Waals surface area contributed by atoms with Crippen molar-refractivity contribution in [2.45, 2.75) is 38.6 Å². The number of fused-ring (bicyclic) bond motifs is 1. The molecule has 1 atom stereocenters. The van der Waals surface area contributed by atoms with Gasteiger partial charge < -0.3 is 14.5 Å². The summed E-state index contributed by atoms with van der Waals surface area (Å²) in [4.78, 5) is 32.0. The largest absolute Gasteiger partial charge is 0.492 e. The fraction of sp³-hybridized carbons (Fsp3) is 0.591. The van der Waals surface area contributed by atoms with E-state index >= 15 is 0 Å². The molecule has 0 spiro atoms. The third-order valence-electron chi connectivity index (χ3n) is 6.28. The van der Waals surface area contributed by atoms with E-state index < -0.39 is 0 Å². The van der Waals surface area contributed by atoms with Gasteiger partial charge in [0.25, 0.3) is 5.56 Å². The number of H-pyrrole nitrogens is 1. The lowest BCUT2D eigenvalue weighted by Gasteiger charge is -2.25. The molecule has 4 rings (SSSR count). The fourth-order valence-electron chi connectivity index (χ4n) is 4.59. The number of rotatable bonds is 8. The molecule has 1 aromatic carbocycles. The molecule has 160 valence electrons. The van der Waals surface area contributed by atoms with E-state index in [4.69, 9.17) is 10.00 Å². The molecule has 1 aromatic heterocycles. The van der Waals surface area contributed by atoms with Crippen LogP contribution in [0.1, 0.15) is 38.6 Å². The molecule has 1 saturated heterocycles. The number of nitrogens with zero attached hydrogens (tertiary/aromatic N) is 4. The minimum Gasteiger partial charge on any atom is -0.492 e. The van der Waals surface area contributed by atoms with Gasteiger partial charge in [-0.25, -0.2) is 4.79 Å². The van der Waals surface area contributed by atoms with Gasteiger partial charge in [0.15, 0.2) is 5.75 Å². The van der Waals surface area contributed by atoms with Crippen molar-refractivity contribution in [1.82, 2.24) is 14.5 Å². The van der Waals surface area contributed by atoms with Crippen molar-refractivity contribution >= 4 is 16.6 Å². The smallest absolute Gasteiger partial charge is 0.329 e. The molecular formula is C22H29N5O3. The molecule has 1 N–H and O–H groups in total. The Bertz CT molecular complexity index is 1080. The topological polar surface area (TPSA) is 94.4 Å². The van der Waals surface area contributed by atoms with Crippen LogP contribution >= 0.6 is 0 Å². The first-order valence-corrected chi connectivity index (χ1v) is 10.8. The molecule has 2 heterocycles. The van der Waals surface area contributed by atoms with Gasteiger partial charge in [0, 0.05) is 38.6 Å². The second-order valence-corrected chi connectivity index (χ2v) is 8.28.